The highest BCUT2D eigenvalue weighted by Crippen LogP contribution is 2.29. The quantitative estimate of drug-likeness (QED) is 0.880. The Bertz CT molecular complexity index is 782. The van der Waals surface area contributed by atoms with E-state index in [4.69, 9.17) is 5.73 Å². The average molecular weight is 361 g/mol. The van der Waals surface area contributed by atoms with Crippen LogP contribution in [-0.4, -0.2) is 44.6 Å². The van der Waals surface area contributed by atoms with Gasteiger partial charge in [0.15, 0.2) is 0 Å². The SMILES string of the molecule is CCCc1ncc(C(=O)N2CCC[C@@H](c3nn(C)cc3C(N)=O)C2)s1. The number of nitrogens with two attached hydrogens (primary N) is 1. The minimum atomic E-state index is -0.474. The maximum atomic E-state index is 12.8. The van der Waals surface area contributed by atoms with Crippen molar-refractivity contribution in [3.63, 3.8) is 0 Å². The Morgan fingerprint density at radius 2 is 2.24 bits per heavy atom. The fourth-order valence-electron chi connectivity index (χ4n) is 3.28. The number of likely N-dealkylation sites (tertiary alicyclic amines) is 1. The molecule has 0 unspecified atom stereocenters. The number of hydrogen-bond acceptors (Lipinski definition) is 5. The minimum absolute atomic E-state index is 0.0149. The molecule has 0 aromatic carbocycles. The van der Waals surface area contributed by atoms with Gasteiger partial charge < -0.3 is 10.6 Å². The molecule has 8 heteroatoms. The van der Waals surface area contributed by atoms with Gasteiger partial charge in [-0.15, -0.1) is 11.3 Å². The van der Waals surface area contributed by atoms with E-state index in [0.717, 1.165) is 37.2 Å². The van der Waals surface area contributed by atoms with Gasteiger partial charge in [-0.05, 0) is 25.7 Å². The van der Waals surface area contributed by atoms with E-state index in [0.29, 0.717) is 22.7 Å². The molecule has 1 fully saturated rings. The second kappa shape index (κ2) is 7.35. The highest BCUT2D eigenvalue weighted by atomic mass is 32.1. The van der Waals surface area contributed by atoms with Crippen LogP contribution >= 0.6 is 11.3 Å². The van der Waals surface area contributed by atoms with Gasteiger partial charge in [-0.2, -0.15) is 5.10 Å². The van der Waals surface area contributed by atoms with E-state index in [2.05, 4.69) is 17.0 Å². The summed E-state index contributed by atoms with van der Waals surface area (Å²) in [6.07, 6.45) is 7.02. The summed E-state index contributed by atoms with van der Waals surface area (Å²) in [7, 11) is 1.77. The van der Waals surface area contributed by atoms with Crippen molar-refractivity contribution < 1.29 is 9.59 Å². The lowest BCUT2D eigenvalue weighted by Crippen LogP contribution is -2.39. The van der Waals surface area contributed by atoms with Crippen LogP contribution in [-0.2, 0) is 13.5 Å². The normalized spacial score (nSPS) is 17.7. The summed E-state index contributed by atoms with van der Waals surface area (Å²) in [4.78, 5) is 31.3. The van der Waals surface area contributed by atoms with Crippen LogP contribution in [0.2, 0.25) is 0 Å². The van der Waals surface area contributed by atoms with Gasteiger partial charge in [-0.25, -0.2) is 4.98 Å². The van der Waals surface area contributed by atoms with Gasteiger partial charge >= 0.3 is 0 Å². The molecule has 3 rings (SSSR count). The van der Waals surface area contributed by atoms with Gasteiger partial charge in [0.05, 0.1) is 22.5 Å². The van der Waals surface area contributed by atoms with Crippen LogP contribution in [0.1, 0.15) is 62.8 Å². The van der Waals surface area contributed by atoms with Gasteiger partial charge in [0.1, 0.15) is 4.88 Å². The van der Waals surface area contributed by atoms with Gasteiger partial charge in [0.2, 0.25) is 0 Å². The molecular weight excluding hydrogens is 338 g/mol. The number of aryl methyl sites for hydroxylation is 2. The van der Waals surface area contributed by atoms with Gasteiger partial charge in [-0.1, -0.05) is 6.92 Å². The summed E-state index contributed by atoms with van der Waals surface area (Å²) in [5.41, 5.74) is 6.62. The molecule has 1 aliphatic rings. The lowest BCUT2D eigenvalue weighted by molar-refractivity contribution is 0.0710. The number of piperidine rings is 1. The van der Waals surface area contributed by atoms with Crippen LogP contribution in [0.3, 0.4) is 0 Å². The number of hydrogen-bond donors (Lipinski definition) is 1. The summed E-state index contributed by atoms with van der Waals surface area (Å²) in [6, 6.07) is 0. The first-order chi connectivity index (χ1) is 12.0. The minimum Gasteiger partial charge on any atom is -0.365 e. The van der Waals surface area contributed by atoms with Crippen molar-refractivity contribution in [3.8, 4) is 0 Å². The fraction of sp³-hybridized carbons (Fsp3) is 0.529. The standard InChI is InChI=1S/C17H23N5O2S/c1-3-5-14-19-8-13(25-14)17(24)22-7-4-6-11(9-22)15-12(16(18)23)10-21(2)20-15/h8,10-11H,3-7,9H2,1-2H3,(H2,18,23)/t11-/m1/s1. The first-order valence-corrected chi connectivity index (χ1v) is 9.38. The number of nitrogens with zero attached hydrogens (tertiary/aromatic N) is 4. The van der Waals surface area contributed by atoms with Gasteiger partial charge in [-0.3, -0.25) is 14.3 Å². The number of thiazole rings is 1. The summed E-state index contributed by atoms with van der Waals surface area (Å²) in [5.74, 6) is -0.427. The van der Waals surface area contributed by atoms with Crippen LogP contribution in [0, 0.1) is 0 Å². The lowest BCUT2D eigenvalue weighted by Gasteiger charge is -2.32. The maximum absolute atomic E-state index is 12.8. The predicted octanol–water partition coefficient (Wildman–Crippen LogP) is 1.95. The summed E-state index contributed by atoms with van der Waals surface area (Å²) < 4.78 is 1.61. The highest BCUT2D eigenvalue weighted by molar-refractivity contribution is 7.13. The number of amides is 2. The van der Waals surface area contributed by atoms with Gasteiger partial charge in [0, 0.05) is 32.3 Å². The van der Waals surface area contributed by atoms with E-state index in [1.165, 1.54) is 11.3 Å². The van der Waals surface area contributed by atoms with E-state index >= 15 is 0 Å². The zero-order valence-corrected chi connectivity index (χ0v) is 15.4. The molecular formula is C17H23N5O2S. The molecule has 1 saturated heterocycles. The predicted molar refractivity (Wildman–Crippen MR) is 95.7 cm³/mol. The molecule has 2 N–H and O–H groups in total. The molecule has 134 valence electrons. The van der Waals surface area contributed by atoms with E-state index in [-0.39, 0.29) is 11.8 Å². The summed E-state index contributed by atoms with van der Waals surface area (Å²) >= 11 is 1.47. The van der Waals surface area contributed by atoms with Crippen molar-refractivity contribution >= 4 is 23.2 Å². The second-order valence-electron chi connectivity index (χ2n) is 6.42. The molecule has 0 aliphatic carbocycles. The van der Waals surface area contributed by atoms with Crippen molar-refractivity contribution in [2.75, 3.05) is 13.1 Å². The van der Waals surface area contributed by atoms with Crippen molar-refractivity contribution in [2.45, 2.75) is 38.5 Å². The molecule has 7 nitrogen and oxygen atoms in total. The largest absolute Gasteiger partial charge is 0.365 e. The van der Waals surface area contributed by atoms with Crippen LogP contribution in [0.4, 0.5) is 0 Å². The number of carbonyl (C=O) groups is 2. The molecule has 2 aromatic rings. The second-order valence-corrected chi connectivity index (χ2v) is 7.54. The Kier molecular flexibility index (Phi) is 5.17. The summed E-state index contributed by atoms with van der Waals surface area (Å²) in [5, 5.41) is 5.42. The Balaban J connectivity index is 1.76. The number of rotatable bonds is 5. The topological polar surface area (TPSA) is 94.1 Å². The number of aromatic nitrogens is 3. The van der Waals surface area contributed by atoms with Crippen molar-refractivity contribution in [3.05, 3.63) is 33.5 Å². The van der Waals surface area contributed by atoms with Crippen LogP contribution in [0.15, 0.2) is 12.4 Å². The maximum Gasteiger partial charge on any atom is 0.265 e. The third kappa shape index (κ3) is 3.73. The highest BCUT2D eigenvalue weighted by Gasteiger charge is 2.30. The van der Waals surface area contributed by atoms with E-state index < -0.39 is 5.91 Å². The third-order valence-corrected chi connectivity index (χ3v) is 5.49. The fourth-order valence-corrected chi connectivity index (χ4v) is 4.26. The number of carbonyl (C=O) groups excluding carboxylic acids is 2. The molecule has 1 atom stereocenters. The van der Waals surface area contributed by atoms with E-state index in [1.54, 1.807) is 24.1 Å². The molecule has 0 spiro atoms. The van der Waals surface area contributed by atoms with E-state index in [1.807, 2.05) is 4.90 Å². The van der Waals surface area contributed by atoms with Crippen molar-refractivity contribution in [1.82, 2.24) is 19.7 Å². The Hall–Kier alpha value is -2.22. The monoisotopic (exact) mass is 361 g/mol. The average Bonchev–Trinajstić information content (AvgIpc) is 3.21. The van der Waals surface area contributed by atoms with Crippen molar-refractivity contribution in [2.24, 2.45) is 12.8 Å². The molecule has 2 aromatic heterocycles. The summed E-state index contributed by atoms with van der Waals surface area (Å²) in [6.45, 7) is 3.37. The first kappa shape index (κ1) is 17.6. The zero-order valence-electron chi connectivity index (χ0n) is 14.6. The Morgan fingerprint density at radius 1 is 1.44 bits per heavy atom. The van der Waals surface area contributed by atoms with Crippen LogP contribution < -0.4 is 5.73 Å². The molecule has 0 saturated carbocycles. The third-order valence-electron chi connectivity index (χ3n) is 4.45. The van der Waals surface area contributed by atoms with Gasteiger partial charge in [0.25, 0.3) is 11.8 Å². The van der Waals surface area contributed by atoms with Crippen LogP contribution in [0.5, 0.6) is 0 Å². The molecule has 0 radical (unpaired) electrons. The smallest absolute Gasteiger partial charge is 0.265 e. The molecule has 25 heavy (non-hydrogen) atoms. The number of primary amides is 1. The molecule has 0 bridgehead atoms. The molecule has 2 amide bonds. The van der Waals surface area contributed by atoms with Crippen molar-refractivity contribution in [1.29, 1.82) is 0 Å². The first-order valence-electron chi connectivity index (χ1n) is 8.57. The molecule has 3 heterocycles. The molecule has 1 aliphatic heterocycles. The van der Waals surface area contributed by atoms with E-state index in [9.17, 15) is 9.59 Å². The zero-order chi connectivity index (χ0) is 18.0. The Morgan fingerprint density at radius 3 is 2.96 bits per heavy atom. The Labute approximate surface area is 150 Å². The lowest BCUT2D eigenvalue weighted by atomic mass is 9.92. The van der Waals surface area contributed by atoms with Crippen LogP contribution in [0.25, 0.3) is 0 Å².